The maximum absolute atomic E-state index is 5.84. The molecule has 0 amide bonds. The first-order chi connectivity index (χ1) is 14.8. The van der Waals surface area contributed by atoms with Crippen LogP contribution in [0.5, 0.6) is 5.75 Å². The number of hydrogen-bond donors (Lipinski definition) is 0. The van der Waals surface area contributed by atoms with Gasteiger partial charge in [-0.3, -0.25) is 0 Å². The first-order valence-corrected chi connectivity index (χ1v) is 11.8. The van der Waals surface area contributed by atoms with Crippen LogP contribution in [0.25, 0.3) is 0 Å². The van der Waals surface area contributed by atoms with Gasteiger partial charge in [-0.1, -0.05) is 68.9 Å². The highest BCUT2D eigenvalue weighted by Crippen LogP contribution is 2.36. The summed E-state index contributed by atoms with van der Waals surface area (Å²) < 4.78 is 5.84. The molecule has 2 aromatic carbocycles. The molecule has 1 nitrogen and oxygen atoms in total. The van der Waals surface area contributed by atoms with Crippen LogP contribution >= 0.6 is 0 Å². The van der Waals surface area contributed by atoms with Gasteiger partial charge in [0.1, 0.15) is 5.75 Å². The largest absolute Gasteiger partial charge is 0.494 e. The van der Waals surface area contributed by atoms with Crippen molar-refractivity contribution < 1.29 is 4.74 Å². The predicted octanol–water partition coefficient (Wildman–Crippen LogP) is 7.70. The van der Waals surface area contributed by atoms with Crippen LogP contribution in [0.1, 0.15) is 81.4 Å². The first kappa shape index (κ1) is 22.2. The fraction of sp³-hybridized carbons (Fsp3) is 0.448. The molecule has 3 rings (SSSR count). The van der Waals surface area contributed by atoms with Crippen molar-refractivity contribution in [2.24, 2.45) is 5.92 Å². The Kier molecular flexibility index (Phi) is 9.10. The van der Waals surface area contributed by atoms with Gasteiger partial charge in [-0.05, 0) is 91.8 Å². The van der Waals surface area contributed by atoms with E-state index in [2.05, 4.69) is 86.4 Å². The minimum absolute atomic E-state index is 0.666. The van der Waals surface area contributed by atoms with Crippen LogP contribution in [0, 0.1) is 17.8 Å². The molecular weight excluding hydrogens is 364 g/mol. The molecule has 0 aromatic heterocycles. The second kappa shape index (κ2) is 12.3. The highest BCUT2D eigenvalue weighted by molar-refractivity contribution is 5.38. The molecule has 0 saturated heterocycles. The van der Waals surface area contributed by atoms with Crippen molar-refractivity contribution in [3.63, 3.8) is 0 Å². The maximum atomic E-state index is 5.84. The third kappa shape index (κ3) is 7.10. The molecule has 1 saturated carbocycles. The van der Waals surface area contributed by atoms with E-state index < -0.39 is 0 Å². The number of hydrogen-bond acceptors (Lipinski definition) is 1. The van der Waals surface area contributed by atoms with E-state index in [0.717, 1.165) is 30.8 Å². The Hall–Kier alpha value is -2.46. The van der Waals surface area contributed by atoms with E-state index in [9.17, 15) is 0 Å². The lowest BCUT2D eigenvalue weighted by Crippen LogP contribution is -2.11. The molecule has 0 aliphatic heterocycles. The summed E-state index contributed by atoms with van der Waals surface area (Å²) in [4.78, 5) is 0. The van der Waals surface area contributed by atoms with Crippen LogP contribution < -0.4 is 4.74 Å². The van der Waals surface area contributed by atoms with Crippen molar-refractivity contribution in [2.75, 3.05) is 6.61 Å². The topological polar surface area (TPSA) is 9.23 Å². The van der Waals surface area contributed by atoms with Crippen LogP contribution in [0.3, 0.4) is 0 Å². The average Bonchev–Trinajstić information content (AvgIpc) is 2.81. The summed E-state index contributed by atoms with van der Waals surface area (Å²) in [6.45, 7) is 5.23. The summed E-state index contributed by atoms with van der Waals surface area (Å²) in [5.41, 5.74) is 3.92. The van der Waals surface area contributed by atoms with Crippen molar-refractivity contribution >= 4 is 0 Å². The maximum Gasteiger partial charge on any atom is 0.119 e. The quantitative estimate of drug-likeness (QED) is 0.326. The second-order valence-electron chi connectivity index (χ2n) is 8.42. The molecule has 2 aromatic rings. The summed E-state index contributed by atoms with van der Waals surface area (Å²) in [7, 11) is 0. The van der Waals surface area contributed by atoms with E-state index in [-0.39, 0.29) is 0 Å². The molecule has 0 spiro atoms. The summed E-state index contributed by atoms with van der Waals surface area (Å²) >= 11 is 0. The molecule has 0 radical (unpaired) electrons. The Morgan fingerprint density at radius 1 is 0.900 bits per heavy atom. The predicted molar refractivity (Wildman–Crippen MR) is 128 cm³/mol. The normalized spacial score (nSPS) is 18.7. The molecule has 1 fully saturated rings. The molecule has 0 heterocycles. The molecule has 158 valence electrons. The van der Waals surface area contributed by atoms with Gasteiger partial charge in [0.25, 0.3) is 0 Å². The third-order valence-corrected chi connectivity index (χ3v) is 6.17. The van der Waals surface area contributed by atoms with Crippen molar-refractivity contribution in [2.45, 2.75) is 71.1 Å². The van der Waals surface area contributed by atoms with Crippen LogP contribution in [-0.4, -0.2) is 6.61 Å². The third-order valence-electron chi connectivity index (χ3n) is 6.17. The molecule has 0 bridgehead atoms. The van der Waals surface area contributed by atoms with Crippen molar-refractivity contribution in [1.82, 2.24) is 0 Å². The number of rotatable bonds is 8. The lowest BCUT2D eigenvalue weighted by molar-refractivity contribution is 0.306. The Bertz CT molecular complexity index is 825. The summed E-state index contributed by atoms with van der Waals surface area (Å²) in [6.07, 6.45) is 14.1. The zero-order valence-corrected chi connectivity index (χ0v) is 18.7. The summed E-state index contributed by atoms with van der Waals surface area (Å²) in [5.74, 6) is 8.83. The van der Waals surface area contributed by atoms with Crippen LogP contribution in [0.4, 0.5) is 0 Å². The van der Waals surface area contributed by atoms with Gasteiger partial charge in [-0.25, -0.2) is 0 Å². The molecule has 1 aliphatic rings. The highest BCUT2D eigenvalue weighted by atomic mass is 16.5. The van der Waals surface area contributed by atoms with E-state index in [1.165, 1.54) is 49.7 Å². The zero-order chi connectivity index (χ0) is 21.0. The van der Waals surface area contributed by atoms with Gasteiger partial charge >= 0.3 is 0 Å². The van der Waals surface area contributed by atoms with Crippen molar-refractivity contribution in [3.05, 3.63) is 77.4 Å². The van der Waals surface area contributed by atoms with Crippen molar-refractivity contribution in [3.8, 4) is 17.6 Å². The van der Waals surface area contributed by atoms with E-state index in [1.807, 2.05) is 0 Å². The number of ether oxygens (including phenoxy) is 1. The highest BCUT2D eigenvalue weighted by Gasteiger charge is 2.20. The SMILES string of the molecule is CCCCCOc1ccc([C@H]2CC[C@H](C=CC#Cc3ccc(CC)cc3)CC2)cc1. The molecular formula is C29H36O. The average molecular weight is 401 g/mol. The molecule has 30 heavy (non-hydrogen) atoms. The molecule has 0 atom stereocenters. The van der Waals surface area contributed by atoms with E-state index >= 15 is 0 Å². The first-order valence-electron chi connectivity index (χ1n) is 11.8. The monoisotopic (exact) mass is 400 g/mol. The Morgan fingerprint density at radius 3 is 2.30 bits per heavy atom. The molecule has 0 unspecified atom stereocenters. The fourth-order valence-electron chi connectivity index (χ4n) is 4.16. The minimum atomic E-state index is 0.666. The van der Waals surface area contributed by atoms with Gasteiger partial charge < -0.3 is 4.74 Å². The standard InChI is InChI=1S/C29H36O/c1-3-5-8-23-30-29-21-19-28(20-22-29)27-17-15-26(16-18-27)10-7-6-9-25-13-11-24(4-2)12-14-25/h7,10-14,19-22,26-27H,3-5,8,15-18,23H2,1-2H3/t26-,27-. The van der Waals surface area contributed by atoms with Gasteiger partial charge in [0.15, 0.2) is 0 Å². The Balaban J connectivity index is 1.42. The van der Waals surface area contributed by atoms with Gasteiger partial charge in [0.05, 0.1) is 6.61 Å². The van der Waals surface area contributed by atoms with Crippen LogP contribution in [0.2, 0.25) is 0 Å². The van der Waals surface area contributed by atoms with Gasteiger partial charge in [0, 0.05) is 5.56 Å². The Morgan fingerprint density at radius 2 is 1.63 bits per heavy atom. The number of allylic oxidation sites excluding steroid dienone is 2. The van der Waals surface area contributed by atoms with Crippen LogP contribution in [-0.2, 0) is 6.42 Å². The van der Waals surface area contributed by atoms with E-state index in [1.54, 1.807) is 0 Å². The summed E-state index contributed by atoms with van der Waals surface area (Å²) in [6, 6.07) is 17.4. The van der Waals surface area contributed by atoms with Crippen molar-refractivity contribution in [1.29, 1.82) is 0 Å². The lowest BCUT2D eigenvalue weighted by atomic mass is 9.78. The molecule has 0 N–H and O–H groups in total. The van der Waals surface area contributed by atoms with Gasteiger partial charge in [-0.15, -0.1) is 0 Å². The van der Waals surface area contributed by atoms with Gasteiger partial charge in [-0.2, -0.15) is 0 Å². The van der Waals surface area contributed by atoms with E-state index in [4.69, 9.17) is 4.74 Å². The smallest absolute Gasteiger partial charge is 0.119 e. The minimum Gasteiger partial charge on any atom is -0.494 e. The number of unbranched alkanes of at least 4 members (excludes halogenated alkanes) is 2. The number of benzene rings is 2. The Labute approximate surface area is 183 Å². The molecule has 1 heteroatoms. The summed E-state index contributed by atoms with van der Waals surface area (Å²) in [5, 5.41) is 0. The van der Waals surface area contributed by atoms with Crippen LogP contribution in [0.15, 0.2) is 60.7 Å². The lowest BCUT2D eigenvalue weighted by Gasteiger charge is -2.27. The van der Waals surface area contributed by atoms with E-state index in [0.29, 0.717) is 11.8 Å². The van der Waals surface area contributed by atoms with Gasteiger partial charge in [0.2, 0.25) is 0 Å². The second-order valence-corrected chi connectivity index (χ2v) is 8.42. The fourth-order valence-corrected chi connectivity index (χ4v) is 4.16. The number of aryl methyl sites for hydroxylation is 1. The molecule has 1 aliphatic carbocycles. The zero-order valence-electron chi connectivity index (χ0n) is 18.7.